The van der Waals surface area contributed by atoms with Crippen LogP contribution >= 0.6 is 15.9 Å². The van der Waals surface area contributed by atoms with E-state index in [0.717, 1.165) is 24.0 Å². The number of hydrogen-bond acceptors (Lipinski definition) is 2. The van der Waals surface area contributed by atoms with Crippen LogP contribution in [0.4, 0.5) is 0 Å². The second-order valence-electron chi connectivity index (χ2n) is 4.37. The zero-order chi connectivity index (χ0) is 12.1. The van der Waals surface area contributed by atoms with Crippen molar-refractivity contribution in [2.45, 2.75) is 46.7 Å². The molecule has 3 nitrogen and oxygen atoms in total. The monoisotopic (exact) mass is 287 g/mol. The number of nitrogens with one attached hydrogen (secondary N) is 1. The van der Waals surface area contributed by atoms with E-state index in [9.17, 15) is 0 Å². The second-order valence-corrected chi connectivity index (χ2v) is 5.22. The van der Waals surface area contributed by atoms with E-state index in [-0.39, 0.29) is 0 Å². The van der Waals surface area contributed by atoms with Gasteiger partial charge in [-0.15, -0.1) is 0 Å². The van der Waals surface area contributed by atoms with Gasteiger partial charge in [-0.3, -0.25) is 4.68 Å². The lowest BCUT2D eigenvalue weighted by atomic mass is 10.0. The Morgan fingerprint density at radius 1 is 1.44 bits per heavy atom. The number of aryl methyl sites for hydroxylation is 1. The van der Waals surface area contributed by atoms with Crippen molar-refractivity contribution in [1.29, 1.82) is 0 Å². The highest BCUT2D eigenvalue weighted by molar-refractivity contribution is 9.10. The molecule has 0 spiro atoms. The number of halogens is 1. The van der Waals surface area contributed by atoms with Crippen molar-refractivity contribution in [3.63, 3.8) is 0 Å². The number of rotatable bonds is 6. The van der Waals surface area contributed by atoms with Crippen LogP contribution in [0.15, 0.2) is 10.7 Å². The van der Waals surface area contributed by atoms with E-state index in [0.29, 0.717) is 12.0 Å². The van der Waals surface area contributed by atoms with Crippen LogP contribution < -0.4 is 5.32 Å². The minimum atomic E-state index is 0.372. The largest absolute Gasteiger partial charge is 0.308 e. The summed E-state index contributed by atoms with van der Waals surface area (Å²) in [6.07, 6.45) is 3.04. The van der Waals surface area contributed by atoms with Gasteiger partial charge in [0.2, 0.25) is 0 Å². The molecule has 4 heteroatoms. The lowest BCUT2D eigenvalue weighted by molar-refractivity contribution is 0.383. The average molecular weight is 288 g/mol. The van der Waals surface area contributed by atoms with Crippen LogP contribution in [0, 0.1) is 5.92 Å². The van der Waals surface area contributed by atoms with E-state index in [2.05, 4.69) is 58.7 Å². The lowest BCUT2D eigenvalue weighted by Crippen LogP contribution is -2.29. The van der Waals surface area contributed by atoms with Gasteiger partial charge in [-0.1, -0.05) is 20.8 Å². The molecule has 0 saturated heterocycles. The Bertz CT molecular complexity index is 320. The summed E-state index contributed by atoms with van der Waals surface area (Å²) < 4.78 is 3.17. The maximum atomic E-state index is 4.38. The highest BCUT2D eigenvalue weighted by Gasteiger charge is 2.21. The highest BCUT2D eigenvalue weighted by Crippen LogP contribution is 2.28. The van der Waals surface area contributed by atoms with Crippen LogP contribution in [0.1, 0.15) is 45.9 Å². The molecule has 0 aliphatic rings. The number of aromatic nitrogens is 2. The third kappa shape index (κ3) is 3.08. The fourth-order valence-electron chi connectivity index (χ4n) is 1.88. The Balaban J connectivity index is 2.95. The first-order valence-electron chi connectivity index (χ1n) is 6.06. The van der Waals surface area contributed by atoms with Crippen LogP contribution in [0.5, 0.6) is 0 Å². The van der Waals surface area contributed by atoms with Crippen molar-refractivity contribution >= 4 is 15.9 Å². The fraction of sp³-hybridized carbons (Fsp3) is 0.750. The molecule has 0 bridgehead atoms. The van der Waals surface area contributed by atoms with E-state index in [1.165, 1.54) is 5.69 Å². The number of hydrogen-bond donors (Lipinski definition) is 1. The molecule has 1 aromatic rings. The molecular weight excluding hydrogens is 266 g/mol. The van der Waals surface area contributed by atoms with E-state index < -0.39 is 0 Å². The fourth-order valence-corrected chi connectivity index (χ4v) is 2.42. The third-order valence-corrected chi connectivity index (χ3v) is 3.32. The van der Waals surface area contributed by atoms with Crippen molar-refractivity contribution in [2.24, 2.45) is 5.92 Å². The molecule has 1 heterocycles. The molecular formula is C12H22BrN3. The first-order valence-corrected chi connectivity index (χ1v) is 6.85. The van der Waals surface area contributed by atoms with Crippen LogP contribution in [0.25, 0.3) is 0 Å². The molecule has 0 saturated carbocycles. The van der Waals surface area contributed by atoms with Crippen molar-refractivity contribution in [2.75, 3.05) is 6.54 Å². The number of nitrogens with zero attached hydrogens (tertiary/aromatic N) is 2. The summed E-state index contributed by atoms with van der Waals surface area (Å²) in [7, 11) is 0. The van der Waals surface area contributed by atoms with Crippen LogP contribution in [0.3, 0.4) is 0 Å². The Morgan fingerprint density at radius 2 is 2.12 bits per heavy atom. The molecule has 92 valence electrons. The molecule has 1 N–H and O–H groups in total. The summed E-state index contributed by atoms with van der Waals surface area (Å²) in [6.45, 7) is 10.8. The molecule has 1 atom stereocenters. The summed E-state index contributed by atoms with van der Waals surface area (Å²) in [5.74, 6) is 0.560. The highest BCUT2D eigenvalue weighted by atomic mass is 79.9. The molecule has 0 aliphatic heterocycles. The Hall–Kier alpha value is -0.350. The van der Waals surface area contributed by atoms with Crippen molar-refractivity contribution in [3.8, 4) is 0 Å². The van der Waals surface area contributed by atoms with Gasteiger partial charge in [0, 0.05) is 6.54 Å². The lowest BCUT2D eigenvalue weighted by Gasteiger charge is -2.23. The van der Waals surface area contributed by atoms with Crippen molar-refractivity contribution < 1.29 is 0 Å². The maximum Gasteiger partial charge on any atom is 0.0698 e. The summed E-state index contributed by atoms with van der Waals surface area (Å²) in [5.41, 5.74) is 1.27. The maximum absolute atomic E-state index is 4.38. The van der Waals surface area contributed by atoms with Gasteiger partial charge < -0.3 is 5.32 Å². The van der Waals surface area contributed by atoms with Gasteiger partial charge in [-0.2, -0.15) is 5.10 Å². The van der Waals surface area contributed by atoms with Gasteiger partial charge in [-0.05, 0) is 41.7 Å². The van der Waals surface area contributed by atoms with Gasteiger partial charge in [-0.25, -0.2) is 0 Å². The first kappa shape index (κ1) is 13.7. The molecule has 0 fully saturated rings. The van der Waals surface area contributed by atoms with Crippen LogP contribution in [-0.4, -0.2) is 16.3 Å². The Morgan fingerprint density at radius 3 is 2.62 bits per heavy atom. The van der Waals surface area contributed by atoms with Gasteiger partial charge >= 0.3 is 0 Å². The standard InChI is InChI=1S/C12H22BrN3/c1-5-7-14-11(9(3)4)12-10(13)8-15-16(12)6-2/h8-9,11,14H,5-7H2,1-4H3. The predicted molar refractivity (Wildman–Crippen MR) is 71.5 cm³/mol. The summed E-state index contributed by atoms with van der Waals surface area (Å²) >= 11 is 3.60. The van der Waals surface area contributed by atoms with Crippen LogP contribution in [0.2, 0.25) is 0 Å². The summed E-state index contributed by atoms with van der Waals surface area (Å²) in [4.78, 5) is 0. The third-order valence-electron chi connectivity index (χ3n) is 2.71. The van der Waals surface area contributed by atoms with Gasteiger partial charge in [0.15, 0.2) is 0 Å². The van der Waals surface area contributed by atoms with E-state index in [1.54, 1.807) is 0 Å². The summed E-state index contributed by atoms with van der Waals surface area (Å²) in [5, 5.41) is 7.97. The SMILES string of the molecule is CCCNC(c1c(Br)cnn1CC)C(C)C. The Labute approximate surface area is 107 Å². The smallest absolute Gasteiger partial charge is 0.0698 e. The second kappa shape index (κ2) is 6.40. The van der Waals surface area contributed by atoms with Crippen molar-refractivity contribution in [1.82, 2.24) is 15.1 Å². The molecule has 0 aromatic carbocycles. The molecule has 0 radical (unpaired) electrons. The average Bonchev–Trinajstić information content (AvgIpc) is 2.61. The molecule has 0 amide bonds. The topological polar surface area (TPSA) is 29.9 Å². The van der Waals surface area contributed by atoms with Crippen LogP contribution in [-0.2, 0) is 6.54 Å². The summed E-state index contributed by atoms with van der Waals surface area (Å²) in [6, 6.07) is 0.372. The zero-order valence-electron chi connectivity index (χ0n) is 10.6. The quantitative estimate of drug-likeness (QED) is 0.870. The Kier molecular flexibility index (Phi) is 5.49. The zero-order valence-corrected chi connectivity index (χ0v) is 12.2. The van der Waals surface area contributed by atoms with E-state index in [1.807, 2.05) is 6.20 Å². The van der Waals surface area contributed by atoms with E-state index >= 15 is 0 Å². The van der Waals surface area contributed by atoms with Gasteiger partial charge in [0.05, 0.1) is 22.4 Å². The van der Waals surface area contributed by atoms with Crippen molar-refractivity contribution in [3.05, 3.63) is 16.4 Å². The minimum absolute atomic E-state index is 0.372. The molecule has 1 rings (SSSR count). The normalized spacial score (nSPS) is 13.4. The van der Waals surface area contributed by atoms with Gasteiger partial charge in [0.25, 0.3) is 0 Å². The first-order chi connectivity index (χ1) is 7.61. The minimum Gasteiger partial charge on any atom is -0.308 e. The van der Waals surface area contributed by atoms with E-state index in [4.69, 9.17) is 0 Å². The molecule has 16 heavy (non-hydrogen) atoms. The molecule has 0 aliphatic carbocycles. The molecule has 1 unspecified atom stereocenters. The van der Waals surface area contributed by atoms with Gasteiger partial charge in [0.1, 0.15) is 0 Å². The molecule has 1 aromatic heterocycles. The predicted octanol–water partition coefficient (Wildman–Crippen LogP) is 3.36.